The van der Waals surface area contributed by atoms with Crippen LogP contribution in [0.1, 0.15) is 24.5 Å². The molecule has 1 saturated heterocycles. The summed E-state index contributed by atoms with van der Waals surface area (Å²) >= 11 is 0. The maximum atomic E-state index is 13.4. The Morgan fingerprint density at radius 3 is 2.33 bits per heavy atom. The molecule has 0 aromatic heterocycles. The molecule has 1 unspecified atom stereocenters. The van der Waals surface area contributed by atoms with E-state index in [1.54, 1.807) is 13.8 Å². The van der Waals surface area contributed by atoms with Crippen LogP contribution >= 0.6 is 0 Å². The van der Waals surface area contributed by atoms with Crippen molar-refractivity contribution in [2.75, 3.05) is 26.7 Å². The Morgan fingerprint density at radius 1 is 1.24 bits per heavy atom. The average Bonchev–Trinajstić information content (AvgIpc) is 2.37. The Kier molecular flexibility index (Phi) is 4.70. The van der Waals surface area contributed by atoms with Gasteiger partial charge in [-0.3, -0.25) is 0 Å². The monoisotopic (exact) mass is 314 g/mol. The van der Waals surface area contributed by atoms with Crippen molar-refractivity contribution in [3.05, 3.63) is 29.1 Å². The second-order valence-electron chi connectivity index (χ2n) is 5.77. The van der Waals surface area contributed by atoms with Crippen molar-refractivity contribution in [1.82, 2.24) is 9.21 Å². The normalized spacial score (nSPS) is 21.7. The second-order valence-corrected chi connectivity index (χ2v) is 7.65. The number of aryl methyl sites for hydroxylation is 2. The topological polar surface area (TPSA) is 40.6 Å². The molecule has 4 nitrogen and oxygen atoms in total. The molecule has 1 aliphatic rings. The molecule has 0 amide bonds. The molecule has 0 saturated carbocycles. The summed E-state index contributed by atoms with van der Waals surface area (Å²) in [7, 11) is -1.55. The Balaban J connectivity index is 2.39. The first kappa shape index (κ1) is 16.4. The highest BCUT2D eigenvalue weighted by Gasteiger charge is 2.33. The van der Waals surface area contributed by atoms with Crippen molar-refractivity contribution in [2.24, 2.45) is 0 Å². The van der Waals surface area contributed by atoms with Crippen LogP contribution in [0.3, 0.4) is 0 Å². The van der Waals surface area contributed by atoms with E-state index in [4.69, 9.17) is 0 Å². The number of halogens is 1. The molecule has 2 rings (SSSR count). The van der Waals surface area contributed by atoms with E-state index in [0.717, 1.165) is 13.0 Å². The third kappa shape index (κ3) is 3.12. The maximum absolute atomic E-state index is 13.4. The molecule has 0 radical (unpaired) electrons. The van der Waals surface area contributed by atoms with Crippen LogP contribution in [0.4, 0.5) is 4.39 Å². The number of piperazine rings is 1. The van der Waals surface area contributed by atoms with Crippen molar-refractivity contribution in [1.29, 1.82) is 0 Å². The summed E-state index contributed by atoms with van der Waals surface area (Å²) in [6.07, 6.45) is 0.907. The summed E-state index contributed by atoms with van der Waals surface area (Å²) in [5, 5.41) is 0. The summed E-state index contributed by atoms with van der Waals surface area (Å²) in [5.41, 5.74) is 0.943. The van der Waals surface area contributed by atoms with Crippen molar-refractivity contribution in [3.63, 3.8) is 0 Å². The number of hydrogen-bond acceptors (Lipinski definition) is 3. The van der Waals surface area contributed by atoms with Gasteiger partial charge in [-0.2, -0.15) is 4.31 Å². The van der Waals surface area contributed by atoms with Gasteiger partial charge in [-0.05, 0) is 50.6 Å². The van der Waals surface area contributed by atoms with Gasteiger partial charge in [-0.1, -0.05) is 6.92 Å². The molecule has 6 heteroatoms. The van der Waals surface area contributed by atoms with Gasteiger partial charge in [-0.15, -0.1) is 0 Å². The third-order valence-electron chi connectivity index (χ3n) is 4.23. The predicted octanol–water partition coefficient (Wildman–Crippen LogP) is 2.16. The van der Waals surface area contributed by atoms with Gasteiger partial charge in [0.15, 0.2) is 0 Å². The number of rotatable bonds is 3. The minimum Gasteiger partial charge on any atom is -0.301 e. The maximum Gasteiger partial charge on any atom is 0.243 e. The first-order valence-electron chi connectivity index (χ1n) is 7.24. The van der Waals surface area contributed by atoms with E-state index in [1.807, 2.05) is 7.05 Å². The minimum absolute atomic E-state index is 0.231. The van der Waals surface area contributed by atoms with Gasteiger partial charge in [0, 0.05) is 25.7 Å². The average molecular weight is 314 g/mol. The fraction of sp³-hybridized carbons (Fsp3) is 0.600. The van der Waals surface area contributed by atoms with Crippen LogP contribution < -0.4 is 0 Å². The summed E-state index contributed by atoms with van der Waals surface area (Å²) in [4.78, 5) is 2.44. The predicted molar refractivity (Wildman–Crippen MR) is 81.3 cm³/mol. The van der Waals surface area contributed by atoms with Crippen LogP contribution in [-0.4, -0.2) is 50.3 Å². The highest BCUT2D eigenvalue weighted by molar-refractivity contribution is 7.89. The molecule has 21 heavy (non-hydrogen) atoms. The smallest absolute Gasteiger partial charge is 0.243 e. The van der Waals surface area contributed by atoms with Gasteiger partial charge in [-0.25, -0.2) is 12.8 Å². The van der Waals surface area contributed by atoms with E-state index in [0.29, 0.717) is 24.2 Å². The van der Waals surface area contributed by atoms with E-state index in [2.05, 4.69) is 11.8 Å². The molecule has 0 spiro atoms. The van der Waals surface area contributed by atoms with Crippen LogP contribution in [0.15, 0.2) is 17.0 Å². The van der Waals surface area contributed by atoms with Crippen molar-refractivity contribution >= 4 is 10.0 Å². The Bertz CT molecular complexity index is 608. The molecule has 0 aliphatic carbocycles. The molecule has 1 aromatic carbocycles. The first-order valence-corrected chi connectivity index (χ1v) is 8.68. The number of nitrogens with zero attached hydrogens (tertiary/aromatic N) is 2. The lowest BCUT2D eigenvalue weighted by molar-refractivity contribution is 0.144. The number of likely N-dealkylation sites (N-methyl/N-ethyl adjacent to an activating group) is 1. The van der Waals surface area contributed by atoms with Crippen molar-refractivity contribution in [2.45, 2.75) is 38.1 Å². The third-order valence-corrected chi connectivity index (χ3v) is 6.41. The zero-order chi connectivity index (χ0) is 15.8. The van der Waals surface area contributed by atoms with Crippen LogP contribution in [-0.2, 0) is 10.0 Å². The SMILES string of the molecule is CCC1CN(S(=O)(=O)c2c(C)cc(F)cc2C)CCN1C. The first-order chi connectivity index (χ1) is 9.77. The summed E-state index contributed by atoms with van der Waals surface area (Å²) in [6.45, 7) is 7.05. The van der Waals surface area contributed by atoms with E-state index < -0.39 is 15.8 Å². The Morgan fingerprint density at radius 2 is 1.81 bits per heavy atom. The molecule has 1 fully saturated rings. The van der Waals surface area contributed by atoms with E-state index >= 15 is 0 Å². The summed E-state index contributed by atoms with van der Waals surface area (Å²) in [5.74, 6) is -0.395. The number of benzene rings is 1. The Labute approximate surface area is 126 Å². The molecule has 1 heterocycles. The van der Waals surface area contributed by atoms with Crippen LogP contribution in [0.25, 0.3) is 0 Å². The molecule has 0 bridgehead atoms. The van der Waals surface area contributed by atoms with Crippen LogP contribution in [0.5, 0.6) is 0 Å². The van der Waals surface area contributed by atoms with Gasteiger partial charge >= 0.3 is 0 Å². The highest BCUT2D eigenvalue weighted by atomic mass is 32.2. The zero-order valence-corrected chi connectivity index (χ0v) is 13.9. The van der Waals surface area contributed by atoms with Crippen LogP contribution in [0.2, 0.25) is 0 Å². The summed E-state index contributed by atoms with van der Waals surface area (Å²) in [6, 6.07) is 2.80. The van der Waals surface area contributed by atoms with Crippen molar-refractivity contribution in [3.8, 4) is 0 Å². The summed E-state index contributed by atoms with van der Waals surface area (Å²) < 4.78 is 40.7. The molecular formula is C15H23FN2O2S. The fourth-order valence-electron chi connectivity index (χ4n) is 3.01. The van der Waals surface area contributed by atoms with E-state index in [-0.39, 0.29) is 10.9 Å². The fourth-order valence-corrected chi connectivity index (χ4v) is 4.89. The number of hydrogen-bond donors (Lipinski definition) is 0. The quantitative estimate of drug-likeness (QED) is 0.858. The largest absolute Gasteiger partial charge is 0.301 e. The molecule has 0 N–H and O–H groups in total. The van der Waals surface area contributed by atoms with E-state index in [1.165, 1.54) is 16.4 Å². The Hall–Kier alpha value is -0.980. The molecule has 1 aromatic rings. The molecule has 1 aliphatic heterocycles. The van der Waals surface area contributed by atoms with Gasteiger partial charge in [0.1, 0.15) is 5.82 Å². The minimum atomic E-state index is -3.57. The number of sulfonamides is 1. The molecular weight excluding hydrogens is 291 g/mol. The second kappa shape index (κ2) is 6.02. The lowest BCUT2D eigenvalue weighted by Gasteiger charge is -2.38. The molecule has 1 atom stereocenters. The van der Waals surface area contributed by atoms with Gasteiger partial charge in [0.25, 0.3) is 0 Å². The lowest BCUT2D eigenvalue weighted by atomic mass is 10.1. The van der Waals surface area contributed by atoms with E-state index in [9.17, 15) is 12.8 Å². The lowest BCUT2D eigenvalue weighted by Crippen LogP contribution is -2.53. The van der Waals surface area contributed by atoms with Crippen LogP contribution in [0, 0.1) is 19.7 Å². The van der Waals surface area contributed by atoms with Gasteiger partial charge in [0.2, 0.25) is 10.0 Å². The standard InChI is InChI=1S/C15H23FN2O2S/c1-5-14-10-18(7-6-17(14)4)21(19,20)15-11(2)8-13(16)9-12(15)3/h8-9,14H,5-7,10H2,1-4H3. The molecule has 118 valence electrons. The zero-order valence-electron chi connectivity index (χ0n) is 13.1. The highest BCUT2D eigenvalue weighted by Crippen LogP contribution is 2.26. The van der Waals surface area contributed by atoms with Crippen molar-refractivity contribution < 1.29 is 12.8 Å². The van der Waals surface area contributed by atoms with Gasteiger partial charge < -0.3 is 4.90 Å². The van der Waals surface area contributed by atoms with Gasteiger partial charge in [0.05, 0.1) is 4.90 Å².